The summed E-state index contributed by atoms with van der Waals surface area (Å²) in [7, 11) is 0. The fourth-order valence-electron chi connectivity index (χ4n) is 1.49. The fraction of sp³-hybridized carbons (Fsp3) is 0.750. The molecule has 92 valence electrons. The highest BCUT2D eigenvalue weighted by Gasteiger charge is 2.12. The van der Waals surface area contributed by atoms with Gasteiger partial charge in [-0.1, -0.05) is 27.7 Å². The molecule has 2 N–H and O–H groups in total. The Hall–Kier alpha value is -0.450. The monoisotopic (exact) mass is 242 g/mol. The molecule has 0 amide bonds. The van der Waals surface area contributed by atoms with Crippen molar-refractivity contribution in [2.75, 3.05) is 0 Å². The van der Waals surface area contributed by atoms with Crippen LogP contribution in [0.5, 0.6) is 0 Å². The van der Waals surface area contributed by atoms with Crippen LogP contribution in [0.3, 0.4) is 0 Å². The minimum absolute atomic E-state index is 0.0530. The Labute approximate surface area is 102 Å². The summed E-state index contributed by atoms with van der Waals surface area (Å²) in [6, 6.07) is 0.478. The molecule has 0 aliphatic rings. The molecular weight excluding hydrogens is 220 g/mol. The molecular formula is C12H22N2OS. The molecule has 0 aromatic carbocycles. The van der Waals surface area contributed by atoms with Crippen LogP contribution in [0.4, 0.5) is 0 Å². The van der Waals surface area contributed by atoms with Crippen molar-refractivity contribution in [3.05, 3.63) is 15.6 Å². The summed E-state index contributed by atoms with van der Waals surface area (Å²) in [4.78, 5) is 5.75. The normalized spacial score (nSPS) is 11.7. The van der Waals surface area contributed by atoms with Crippen LogP contribution in [-0.4, -0.2) is 16.1 Å². The van der Waals surface area contributed by atoms with Crippen molar-refractivity contribution < 1.29 is 5.11 Å². The number of nitrogens with zero attached hydrogens (tertiary/aromatic N) is 1. The number of aliphatic hydroxyl groups is 1. The summed E-state index contributed by atoms with van der Waals surface area (Å²) in [6.45, 7) is 9.57. The first-order valence-electron chi connectivity index (χ1n) is 5.84. The van der Waals surface area contributed by atoms with Gasteiger partial charge in [0.15, 0.2) is 0 Å². The first-order chi connectivity index (χ1) is 7.52. The van der Waals surface area contributed by atoms with E-state index in [0.29, 0.717) is 12.0 Å². The number of nitrogens with one attached hydrogen (secondary N) is 1. The zero-order chi connectivity index (χ0) is 12.1. The Bertz CT molecular complexity index is 321. The molecule has 0 bridgehead atoms. The zero-order valence-electron chi connectivity index (χ0n) is 10.6. The van der Waals surface area contributed by atoms with E-state index in [4.69, 9.17) is 5.11 Å². The summed E-state index contributed by atoms with van der Waals surface area (Å²) < 4.78 is 0. The van der Waals surface area contributed by atoms with Crippen molar-refractivity contribution >= 4 is 11.3 Å². The van der Waals surface area contributed by atoms with Crippen LogP contribution in [0.1, 0.15) is 43.3 Å². The molecule has 0 aliphatic heterocycles. The van der Waals surface area contributed by atoms with E-state index in [2.05, 4.69) is 38.0 Å². The van der Waals surface area contributed by atoms with Gasteiger partial charge >= 0.3 is 0 Å². The summed E-state index contributed by atoms with van der Waals surface area (Å²) in [6.07, 6.45) is 0.992. The van der Waals surface area contributed by atoms with Crippen molar-refractivity contribution in [2.45, 2.75) is 53.3 Å². The third kappa shape index (κ3) is 4.20. The van der Waals surface area contributed by atoms with Gasteiger partial charge in [-0.05, 0) is 12.3 Å². The number of thiazole rings is 1. The number of hydrogen-bond donors (Lipinski definition) is 2. The lowest BCUT2D eigenvalue weighted by molar-refractivity contribution is 0.281. The smallest absolute Gasteiger partial charge is 0.119 e. The van der Waals surface area contributed by atoms with Crippen LogP contribution in [0.2, 0.25) is 0 Å². The first kappa shape index (κ1) is 13.6. The maximum absolute atomic E-state index is 9.11. The third-order valence-electron chi connectivity index (χ3n) is 2.23. The van der Waals surface area contributed by atoms with Gasteiger partial charge in [0.1, 0.15) is 5.01 Å². The Morgan fingerprint density at radius 1 is 1.31 bits per heavy atom. The lowest BCUT2D eigenvalue weighted by Crippen LogP contribution is -2.22. The second kappa shape index (κ2) is 6.33. The van der Waals surface area contributed by atoms with E-state index >= 15 is 0 Å². The fourth-order valence-corrected chi connectivity index (χ4v) is 2.39. The molecule has 1 rings (SSSR count). The van der Waals surface area contributed by atoms with Gasteiger partial charge in [0.2, 0.25) is 0 Å². The van der Waals surface area contributed by atoms with Gasteiger partial charge in [-0.2, -0.15) is 0 Å². The van der Waals surface area contributed by atoms with Crippen molar-refractivity contribution in [1.29, 1.82) is 0 Å². The Balaban J connectivity index is 2.74. The van der Waals surface area contributed by atoms with Crippen molar-refractivity contribution in [3.8, 4) is 0 Å². The lowest BCUT2D eigenvalue weighted by atomic mass is 10.1. The quantitative estimate of drug-likeness (QED) is 0.805. The van der Waals surface area contributed by atoms with Crippen molar-refractivity contribution in [2.24, 2.45) is 5.92 Å². The van der Waals surface area contributed by atoms with Gasteiger partial charge in [0.25, 0.3) is 0 Å². The number of rotatable bonds is 6. The zero-order valence-corrected chi connectivity index (χ0v) is 11.4. The van der Waals surface area contributed by atoms with Gasteiger partial charge in [0.05, 0.1) is 12.3 Å². The van der Waals surface area contributed by atoms with Crippen molar-refractivity contribution in [1.82, 2.24) is 10.3 Å². The highest BCUT2D eigenvalue weighted by molar-refractivity contribution is 7.11. The minimum atomic E-state index is 0.0530. The largest absolute Gasteiger partial charge is 0.389 e. The van der Waals surface area contributed by atoms with Crippen molar-refractivity contribution in [3.63, 3.8) is 0 Å². The standard InChI is InChI=1S/C12H22N2OS/c1-8(2)5-10-11(6-13-9(3)4)16-12(7-15)14-10/h8-9,13,15H,5-7H2,1-4H3. The summed E-state index contributed by atoms with van der Waals surface area (Å²) in [5, 5.41) is 13.3. The van der Waals surface area contributed by atoms with E-state index in [9.17, 15) is 0 Å². The van der Waals surface area contributed by atoms with E-state index in [-0.39, 0.29) is 6.61 Å². The van der Waals surface area contributed by atoms with E-state index < -0.39 is 0 Å². The van der Waals surface area contributed by atoms with Crippen LogP contribution in [-0.2, 0) is 19.6 Å². The molecule has 0 spiro atoms. The highest BCUT2D eigenvalue weighted by atomic mass is 32.1. The average Bonchev–Trinajstić information content (AvgIpc) is 2.56. The van der Waals surface area contributed by atoms with E-state index in [1.54, 1.807) is 11.3 Å². The first-order valence-corrected chi connectivity index (χ1v) is 6.66. The molecule has 1 aromatic rings. The minimum Gasteiger partial charge on any atom is -0.389 e. The highest BCUT2D eigenvalue weighted by Crippen LogP contribution is 2.21. The molecule has 0 radical (unpaired) electrons. The SMILES string of the molecule is CC(C)Cc1nc(CO)sc1CNC(C)C. The maximum Gasteiger partial charge on any atom is 0.119 e. The molecule has 0 atom stereocenters. The van der Waals surface area contributed by atoms with E-state index in [1.807, 2.05) is 0 Å². The number of aromatic nitrogens is 1. The molecule has 0 saturated heterocycles. The lowest BCUT2D eigenvalue weighted by Gasteiger charge is -2.08. The molecule has 0 saturated carbocycles. The molecule has 16 heavy (non-hydrogen) atoms. The van der Waals surface area contributed by atoms with Crippen LogP contribution in [0.15, 0.2) is 0 Å². The predicted octanol–water partition coefficient (Wildman–Crippen LogP) is 2.33. The molecule has 0 unspecified atom stereocenters. The van der Waals surface area contributed by atoms with Gasteiger partial charge < -0.3 is 10.4 Å². The Morgan fingerprint density at radius 2 is 2.00 bits per heavy atom. The second-order valence-electron chi connectivity index (χ2n) is 4.77. The van der Waals surface area contributed by atoms with Gasteiger partial charge in [-0.3, -0.25) is 0 Å². The molecule has 4 heteroatoms. The summed E-state index contributed by atoms with van der Waals surface area (Å²) in [5.74, 6) is 0.603. The third-order valence-corrected chi connectivity index (χ3v) is 3.31. The van der Waals surface area contributed by atoms with E-state index in [0.717, 1.165) is 23.7 Å². The second-order valence-corrected chi connectivity index (χ2v) is 5.94. The summed E-state index contributed by atoms with van der Waals surface area (Å²) in [5.41, 5.74) is 1.15. The van der Waals surface area contributed by atoms with E-state index in [1.165, 1.54) is 4.88 Å². The van der Waals surface area contributed by atoms with Crippen LogP contribution < -0.4 is 5.32 Å². The average molecular weight is 242 g/mol. The van der Waals surface area contributed by atoms with Gasteiger partial charge in [-0.25, -0.2) is 4.98 Å². The molecule has 1 aromatic heterocycles. The Kier molecular flexibility index (Phi) is 5.38. The summed E-state index contributed by atoms with van der Waals surface area (Å²) >= 11 is 1.62. The van der Waals surface area contributed by atoms with Gasteiger partial charge in [-0.15, -0.1) is 11.3 Å². The number of hydrogen-bond acceptors (Lipinski definition) is 4. The Morgan fingerprint density at radius 3 is 2.50 bits per heavy atom. The maximum atomic E-state index is 9.11. The van der Waals surface area contributed by atoms with Crippen LogP contribution >= 0.6 is 11.3 Å². The molecule has 1 heterocycles. The number of aliphatic hydroxyl groups excluding tert-OH is 1. The topological polar surface area (TPSA) is 45.2 Å². The van der Waals surface area contributed by atoms with Crippen LogP contribution in [0, 0.1) is 5.92 Å². The van der Waals surface area contributed by atoms with Gasteiger partial charge in [0, 0.05) is 17.5 Å². The predicted molar refractivity (Wildman–Crippen MR) is 68.6 cm³/mol. The molecule has 3 nitrogen and oxygen atoms in total. The van der Waals surface area contributed by atoms with Crippen LogP contribution in [0.25, 0.3) is 0 Å². The molecule has 0 aliphatic carbocycles. The molecule has 0 fully saturated rings.